The zero-order chi connectivity index (χ0) is 13.6. The Labute approximate surface area is 117 Å². The molecule has 0 radical (unpaired) electrons. The topological polar surface area (TPSA) is 36.9 Å². The number of rotatable bonds is 5. The maximum Gasteiger partial charge on any atom is 0.230 e. The van der Waals surface area contributed by atoms with Crippen molar-refractivity contribution >= 4 is 0 Å². The third-order valence-corrected chi connectivity index (χ3v) is 2.71. The van der Waals surface area contributed by atoms with Gasteiger partial charge in [-0.25, -0.2) is 0 Å². The average Bonchev–Trinajstić information content (AvgIpc) is 3.01. The second kappa shape index (κ2) is 6.02. The molecule has 0 saturated heterocycles. The molecule has 102 valence electrons. The zero-order valence-electron chi connectivity index (χ0n) is 10.8. The molecule has 20 heavy (non-hydrogen) atoms. The van der Waals surface area contributed by atoms with Gasteiger partial charge >= 0.3 is 0 Å². The standard InChI is InChI=1S/C16H14O4/c1-2-4-14(5-3-1)20-15-8-6-13(7-9-15)18-11-16-10-17-12-19-16/h1-10H,11-12H2. The molecular formula is C16H14O4. The van der Waals surface area contributed by atoms with E-state index >= 15 is 0 Å². The van der Waals surface area contributed by atoms with E-state index in [2.05, 4.69) is 0 Å². The van der Waals surface area contributed by atoms with E-state index in [1.165, 1.54) is 0 Å². The Hall–Kier alpha value is -2.62. The molecule has 0 atom stereocenters. The zero-order valence-corrected chi connectivity index (χ0v) is 10.8. The van der Waals surface area contributed by atoms with E-state index in [4.69, 9.17) is 18.9 Å². The van der Waals surface area contributed by atoms with Gasteiger partial charge in [-0.2, -0.15) is 0 Å². The van der Waals surface area contributed by atoms with E-state index in [1.807, 2.05) is 54.6 Å². The van der Waals surface area contributed by atoms with Crippen molar-refractivity contribution in [3.05, 3.63) is 66.6 Å². The fourth-order valence-corrected chi connectivity index (χ4v) is 1.73. The van der Waals surface area contributed by atoms with Crippen molar-refractivity contribution in [2.24, 2.45) is 0 Å². The molecule has 4 nitrogen and oxygen atoms in total. The van der Waals surface area contributed by atoms with Crippen molar-refractivity contribution < 1.29 is 18.9 Å². The second-order valence-electron chi connectivity index (χ2n) is 4.19. The van der Waals surface area contributed by atoms with Crippen LogP contribution in [0.25, 0.3) is 0 Å². The summed E-state index contributed by atoms with van der Waals surface area (Å²) in [5, 5.41) is 0. The van der Waals surface area contributed by atoms with Crippen LogP contribution < -0.4 is 9.47 Å². The molecule has 2 aromatic carbocycles. The van der Waals surface area contributed by atoms with Gasteiger partial charge in [0.15, 0.2) is 5.76 Å². The fourth-order valence-electron chi connectivity index (χ4n) is 1.73. The summed E-state index contributed by atoms with van der Waals surface area (Å²) in [6.07, 6.45) is 1.56. The van der Waals surface area contributed by atoms with Crippen LogP contribution in [0.2, 0.25) is 0 Å². The third-order valence-electron chi connectivity index (χ3n) is 2.71. The number of hydrogen-bond donors (Lipinski definition) is 0. The van der Waals surface area contributed by atoms with Gasteiger partial charge in [-0.15, -0.1) is 0 Å². The van der Waals surface area contributed by atoms with Gasteiger partial charge in [-0.1, -0.05) is 18.2 Å². The highest BCUT2D eigenvalue weighted by Gasteiger charge is 2.07. The van der Waals surface area contributed by atoms with E-state index in [-0.39, 0.29) is 6.79 Å². The highest BCUT2D eigenvalue weighted by Crippen LogP contribution is 2.23. The summed E-state index contributed by atoms with van der Waals surface area (Å²) in [6, 6.07) is 17.1. The van der Waals surface area contributed by atoms with E-state index in [1.54, 1.807) is 6.26 Å². The van der Waals surface area contributed by atoms with Crippen molar-refractivity contribution in [1.29, 1.82) is 0 Å². The van der Waals surface area contributed by atoms with Crippen LogP contribution in [0.5, 0.6) is 17.2 Å². The van der Waals surface area contributed by atoms with Crippen LogP contribution in [0, 0.1) is 0 Å². The van der Waals surface area contributed by atoms with Crippen LogP contribution >= 0.6 is 0 Å². The highest BCUT2D eigenvalue weighted by atomic mass is 16.7. The van der Waals surface area contributed by atoms with Crippen molar-refractivity contribution in [2.75, 3.05) is 13.4 Å². The summed E-state index contributed by atoms with van der Waals surface area (Å²) in [5.41, 5.74) is 0. The first-order chi connectivity index (χ1) is 9.90. The van der Waals surface area contributed by atoms with Gasteiger partial charge in [-0.3, -0.25) is 0 Å². The van der Waals surface area contributed by atoms with Crippen molar-refractivity contribution in [1.82, 2.24) is 0 Å². The molecule has 0 amide bonds. The molecule has 0 N–H and O–H groups in total. The summed E-state index contributed by atoms with van der Waals surface area (Å²) in [6.45, 7) is 0.626. The van der Waals surface area contributed by atoms with Crippen LogP contribution in [0.3, 0.4) is 0 Å². The van der Waals surface area contributed by atoms with Crippen LogP contribution in [0.4, 0.5) is 0 Å². The third kappa shape index (κ3) is 3.23. The summed E-state index contributed by atoms with van der Waals surface area (Å²) < 4.78 is 21.4. The minimum atomic E-state index is 0.266. The lowest BCUT2D eigenvalue weighted by atomic mass is 10.3. The Morgan fingerprint density at radius 2 is 1.55 bits per heavy atom. The summed E-state index contributed by atoms with van der Waals surface area (Å²) in [7, 11) is 0. The van der Waals surface area contributed by atoms with Crippen molar-refractivity contribution in [2.45, 2.75) is 0 Å². The van der Waals surface area contributed by atoms with Gasteiger partial charge in [0.25, 0.3) is 0 Å². The van der Waals surface area contributed by atoms with Crippen LogP contribution in [0.15, 0.2) is 66.6 Å². The summed E-state index contributed by atoms with van der Waals surface area (Å²) >= 11 is 0. The maximum atomic E-state index is 5.70. The molecule has 1 aliphatic heterocycles. The predicted octanol–water partition coefficient (Wildman–Crippen LogP) is 3.70. The molecule has 0 fully saturated rings. The molecule has 1 aliphatic rings. The first-order valence-electron chi connectivity index (χ1n) is 6.29. The largest absolute Gasteiger partial charge is 0.486 e. The molecule has 0 aromatic heterocycles. The Morgan fingerprint density at radius 3 is 2.25 bits per heavy atom. The van der Waals surface area contributed by atoms with E-state index in [0.717, 1.165) is 17.2 Å². The monoisotopic (exact) mass is 270 g/mol. The number of hydrogen-bond acceptors (Lipinski definition) is 4. The Morgan fingerprint density at radius 1 is 0.850 bits per heavy atom. The fraction of sp³-hybridized carbons (Fsp3) is 0.125. The van der Waals surface area contributed by atoms with Gasteiger partial charge < -0.3 is 18.9 Å². The Bertz CT molecular complexity index is 575. The number of ether oxygens (including phenoxy) is 4. The van der Waals surface area contributed by atoms with Crippen molar-refractivity contribution in [3.63, 3.8) is 0 Å². The molecule has 4 heteroatoms. The van der Waals surface area contributed by atoms with Crippen LogP contribution in [-0.2, 0) is 9.47 Å². The lowest BCUT2D eigenvalue weighted by molar-refractivity contribution is 0.0713. The quantitative estimate of drug-likeness (QED) is 0.830. The SMILES string of the molecule is C1=C(COc2ccc(Oc3ccccc3)cc2)OCO1. The highest BCUT2D eigenvalue weighted by molar-refractivity contribution is 5.35. The molecule has 0 bridgehead atoms. The average molecular weight is 270 g/mol. The van der Waals surface area contributed by atoms with Gasteiger partial charge in [0.1, 0.15) is 30.1 Å². The lowest BCUT2D eigenvalue weighted by Gasteiger charge is -2.08. The molecule has 0 saturated carbocycles. The molecule has 2 aromatic rings. The number of benzene rings is 2. The van der Waals surface area contributed by atoms with Crippen LogP contribution in [-0.4, -0.2) is 13.4 Å². The minimum Gasteiger partial charge on any atom is -0.486 e. The molecular weight excluding hydrogens is 256 g/mol. The summed E-state index contributed by atoms with van der Waals surface area (Å²) in [4.78, 5) is 0. The molecule has 1 heterocycles. The second-order valence-corrected chi connectivity index (χ2v) is 4.19. The van der Waals surface area contributed by atoms with Gasteiger partial charge in [0.2, 0.25) is 6.79 Å². The first kappa shape index (κ1) is 12.4. The molecule has 0 spiro atoms. The molecule has 0 unspecified atom stereocenters. The Kier molecular flexibility index (Phi) is 3.73. The van der Waals surface area contributed by atoms with E-state index in [0.29, 0.717) is 12.4 Å². The van der Waals surface area contributed by atoms with E-state index < -0.39 is 0 Å². The Balaban J connectivity index is 1.57. The smallest absolute Gasteiger partial charge is 0.230 e. The maximum absolute atomic E-state index is 5.70. The normalized spacial score (nSPS) is 13.1. The van der Waals surface area contributed by atoms with E-state index in [9.17, 15) is 0 Å². The minimum absolute atomic E-state index is 0.266. The molecule has 3 rings (SSSR count). The lowest BCUT2D eigenvalue weighted by Crippen LogP contribution is -2.01. The predicted molar refractivity (Wildman–Crippen MR) is 73.6 cm³/mol. The summed E-state index contributed by atoms with van der Waals surface area (Å²) in [5.74, 6) is 3.02. The van der Waals surface area contributed by atoms with Crippen molar-refractivity contribution in [3.8, 4) is 17.2 Å². The first-order valence-corrected chi connectivity index (χ1v) is 6.29. The number of para-hydroxylation sites is 1. The van der Waals surface area contributed by atoms with Gasteiger partial charge in [-0.05, 0) is 36.4 Å². The van der Waals surface area contributed by atoms with Gasteiger partial charge in [0.05, 0.1) is 0 Å². The van der Waals surface area contributed by atoms with Crippen LogP contribution in [0.1, 0.15) is 0 Å². The molecule has 0 aliphatic carbocycles. The van der Waals surface area contributed by atoms with Gasteiger partial charge in [0, 0.05) is 0 Å².